The standard InChI is InChI=1S/C14H26N2O.ClH/c1-2-14(7-3-4-8-14)11-16-13(17)10-15-9-12-5-6-12;/h12,15H,2-11H2,1H3,(H,16,17);1H. The topological polar surface area (TPSA) is 41.1 Å². The summed E-state index contributed by atoms with van der Waals surface area (Å²) >= 11 is 0. The van der Waals surface area contributed by atoms with Crippen molar-refractivity contribution in [1.82, 2.24) is 10.6 Å². The monoisotopic (exact) mass is 274 g/mol. The smallest absolute Gasteiger partial charge is 0.233 e. The number of amides is 1. The van der Waals surface area contributed by atoms with Gasteiger partial charge in [-0.3, -0.25) is 4.79 Å². The lowest BCUT2D eigenvalue weighted by molar-refractivity contribution is -0.120. The van der Waals surface area contributed by atoms with Gasteiger partial charge in [-0.25, -0.2) is 0 Å². The molecular weight excluding hydrogens is 248 g/mol. The van der Waals surface area contributed by atoms with Crippen LogP contribution in [0, 0.1) is 11.3 Å². The van der Waals surface area contributed by atoms with E-state index in [-0.39, 0.29) is 18.3 Å². The van der Waals surface area contributed by atoms with Crippen LogP contribution in [0.15, 0.2) is 0 Å². The third kappa shape index (κ3) is 4.77. The van der Waals surface area contributed by atoms with E-state index in [4.69, 9.17) is 0 Å². The van der Waals surface area contributed by atoms with Gasteiger partial charge in [-0.1, -0.05) is 19.8 Å². The van der Waals surface area contributed by atoms with Crippen LogP contribution in [-0.2, 0) is 4.79 Å². The van der Waals surface area contributed by atoms with E-state index in [1.807, 2.05) is 0 Å². The summed E-state index contributed by atoms with van der Waals surface area (Å²) in [5.41, 5.74) is 0.409. The summed E-state index contributed by atoms with van der Waals surface area (Å²) < 4.78 is 0. The lowest BCUT2D eigenvalue weighted by atomic mass is 9.83. The van der Waals surface area contributed by atoms with Crippen LogP contribution < -0.4 is 10.6 Å². The molecule has 4 heteroatoms. The van der Waals surface area contributed by atoms with E-state index in [1.54, 1.807) is 0 Å². The maximum Gasteiger partial charge on any atom is 0.233 e. The van der Waals surface area contributed by atoms with Crippen molar-refractivity contribution in [2.24, 2.45) is 11.3 Å². The van der Waals surface area contributed by atoms with Gasteiger partial charge in [0.2, 0.25) is 5.91 Å². The second kappa shape index (κ2) is 7.34. The minimum absolute atomic E-state index is 0. The fraction of sp³-hybridized carbons (Fsp3) is 0.929. The molecule has 0 radical (unpaired) electrons. The van der Waals surface area contributed by atoms with Gasteiger partial charge in [-0.05, 0) is 50.0 Å². The van der Waals surface area contributed by atoms with E-state index < -0.39 is 0 Å². The summed E-state index contributed by atoms with van der Waals surface area (Å²) in [5.74, 6) is 1.02. The van der Waals surface area contributed by atoms with Gasteiger partial charge in [0.25, 0.3) is 0 Å². The Hall–Kier alpha value is -0.280. The van der Waals surface area contributed by atoms with E-state index in [1.165, 1.54) is 44.9 Å². The van der Waals surface area contributed by atoms with Crippen molar-refractivity contribution in [2.45, 2.75) is 51.9 Å². The molecular formula is C14H27ClN2O. The van der Waals surface area contributed by atoms with E-state index in [2.05, 4.69) is 17.6 Å². The molecule has 2 aliphatic rings. The molecule has 0 unspecified atom stereocenters. The minimum Gasteiger partial charge on any atom is -0.354 e. The van der Waals surface area contributed by atoms with Gasteiger partial charge in [0, 0.05) is 6.54 Å². The number of carbonyl (C=O) groups excluding carboxylic acids is 1. The van der Waals surface area contributed by atoms with Crippen LogP contribution in [0.25, 0.3) is 0 Å². The molecule has 2 saturated carbocycles. The highest BCUT2D eigenvalue weighted by molar-refractivity contribution is 5.85. The van der Waals surface area contributed by atoms with Gasteiger partial charge in [-0.15, -0.1) is 12.4 Å². The van der Waals surface area contributed by atoms with Crippen LogP contribution in [-0.4, -0.2) is 25.5 Å². The maximum absolute atomic E-state index is 11.7. The molecule has 0 aromatic rings. The second-order valence-corrected chi connectivity index (χ2v) is 5.91. The predicted octanol–water partition coefficient (Wildman–Crippen LogP) is 2.49. The fourth-order valence-electron chi connectivity index (χ4n) is 2.84. The molecule has 0 heterocycles. The highest BCUT2D eigenvalue weighted by atomic mass is 35.5. The molecule has 1 amide bonds. The van der Waals surface area contributed by atoms with Crippen LogP contribution in [0.3, 0.4) is 0 Å². The van der Waals surface area contributed by atoms with Crippen molar-refractivity contribution in [1.29, 1.82) is 0 Å². The Bertz CT molecular complexity index is 261. The number of rotatable bonds is 7. The second-order valence-electron chi connectivity index (χ2n) is 5.91. The van der Waals surface area contributed by atoms with Crippen LogP contribution in [0.1, 0.15) is 51.9 Å². The molecule has 2 N–H and O–H groups in total. The number of nitrogens with one attached hydrogen (secondary N) is 2. The molecule has 2 rings (SSSR count). The molecule has 0 aromatic heterocycles. The molecule has 0 spiro atoms. The number of hydrogen-bond donors (Lipinski definition) is 2. The highest BCUT2D eigenvalue weighted by Crippen LogP contribution is 2.40. The van der Waals surface area contributed by atoms with Crippen LogP contribution >= 0.6 is 12.4 Å². The Labute approximate surface area is 117 Å². The molecule has 0 aliphatic heterocycles. The number of halogens is 1. The Kier molecular flexibility index (Phi) is 6.44. The van der Waals surface area contributed by atoms with E-state index in [0.29, 0.717) is 12.0 Å². The SMILES string of the molecule is CCC1(CNC(=O)CNCC2CC2)CCCC1.Cl. The first-order chi connectivity index (χ1) is 8.24. The number of carbonyl (C=O) groups is 1. The molecule has 0 bridgehead atoms. The Morgan fingerprint density at radius 1 is 1.28 bits per heavy atom. The summed E-state index contributed by atoms with van der Waals surface area (Å²) in [6.45, 7) is 4.65. The zero-order valence-corrected chi connectivity index (χ0v) is 12.3. The molecule has 0 atom stereocenters. The third-order valence-electron chi connectivity index (χ3n) is 4.49. The van der Waals surface area contributed by atoms with Gasteiger partial charge in [0.1, 0.15) is 0 Å². The Morgan fingerprint density at radius 3 is 2.50 bits per heavy atom. The summed E-state index contributed by atoms with van der Waals surface area (Å²) in [5, 5.41) is 6.35. The van der Waals surface area contributed by atoms with Gasteiger partial charge >= 0.3 is 0 Å². The quantitative estimate of drug-likeness (QED) is 0.749. The largest absolute Gasteiger partial charge is 0.354 e. The molecule has 2 fully saturated rings. The fourth-order valence-corrected chi connectivity index (χ4v) is 2.84. The van der Waals surface area contributed by atoms with Crippen LogP contribution in [0.4, 0.5) is 0 Å². The molecule has 18 heavy (non-hydrogen) atoms. The van der Waals surface area contributed by atoms with Crippen LogP contribution in [0.5, 0.6) is 0 Å². The highest BCUT2D eigenvalue weighted by Gasteiger charge is 2.32. The average Bonchev–Trinajstić information content (AvgIpc) is 3.04. The predicted molar refractivity (Wildman–Crippen MR) is 77.0 cm³/mol. The van der Waals surface area contributed by atoms with E-state index in [0.717, 1.165) is 19.0 Å². The molecule has 0 aromatic carbocycles. The van der Waals surface area contributed by atoms with Crippen molar-refractivity contribution in [3.05, 3.63) is 0 Å². The molecule has 2 aliphatic carbocycles. The first-order valence-corrected chi connectivity index (χ1v) is 7.21. The van der Waals surface area contributed by atoms with Gasteiger partial charge in [0.15, 0.2) is 0 Å². The number of hydrogen-bond acceptors (Lipinski definition) is 2. The zero-order valence-electron chi connectivity index (χ0n) is 11.5. The molecule has 3 nitrogen and oxygen atoms in total. The molecule has 0 saturated heterocycles. The van der Waals surface area contributed by atoms with Gasteiger partial charge in [-0.2, -0.15) is 0 Å². The normalized spacial score (nSPS) is 21.4. The zero-order chi connectivity index (χ0) is 12.1. The first-order valence-electron chi connectivity index (χ1n) is 7.21. The lowest BCUT2D eigenvalue weighted by Gasteiger charge is -2.27. The average molecular weight is 275 g/mol. The van der Waals surface area contributed by atoms with Crippen molar-refractivity contribution in [2.75, 3.05) is 19.6 Å². The van der Waals surface area contributed by atoms with Crippen molar-refractivity contribution >= 4 is 18.3 Å². The van der Waals surface area contributed by atoms with Gasteiger partial charge in [0.05, 0.1) is 6.54 Å². The maximum atomic E-state index is 11.7. The lowest BCUT2D eigenvalue weighted by Crippen LogP contribution is -2.40. The first kappa shape index (κ1) is 15.8. The van der Waals surface area contributed by atoms with Crippen molar-refractivity contribution < 1.29 is 4.79 Å². The summed E-state index contributed by atoms with van der Waals surface area (Å²) in [4.78, 5) is 11.7. The Morgan fingerprint density at radius 2 is 1.94 bits per heavy atom. The molecule has 106 valence electrons. The van der Waals surface area contributed by atoms with Crippen molar-refractivity contribution in [3.63, 3.8) is 0 Å². The Balaban J connectivity index is 0.00000162. The van der Waals surface area contributed by atoms with Crippen molar-refractivity contribution in [3.8, 4) is 0 Å². The third-order valence-corrected chi connectivity index (χ3v) is 4.49. The summed E-state index contributed by atoms with van der Waals surface area (Å²) in [7, 11) is 0. The van der Waals surface area contributed by atoms with Crippen LogP contribution in [0.2, 0.25) is 0 Å². The van der Waals surface area contributed by atoms with Gasteiger partial charge < -0.3 is 10.6 Å². The van der Waals surface area contributed by atoms with E-state index >= 15 is 0 Å². The summed E-state index contributed by atoms with van der Waals surface area (Å²) in [6.07, 6.45) is 9.13. The van der Waals surface area contributed by atoms with E-state index in [9.17, 15) is 4.79 Å². The minimum atomic E-state index is 0. The summed E-state index contributed by atoms with van der Waals surface area (Å²) in [6, 6.07) is 0.